The Hall–Kier alpha value is -3.23. The predicted molar refractivity (Wildman–Crippen MR) is 122 cm³/mol. The molecule has 2 aromatic carbocycles. The van der Waals surface area contributed by atoms with E-state index in [-0.39, 0.29) is 12.3 Å². The number of benzene rings is 2. The van der Waals surface area contributed by atoms with Gasteiger partial charge in [0.15, 0.2) is 10.1 Å². The number of aromatic nitrogens is 3. The number of anilines is 1. The van der Waals surface area contributed by atoms with E-state index in [4.69, 9.17) is 4.74 Å². The lowest BCUT2D eigenvalue weighted by Crippen LogP contribution is -2.15. The van der Waals surface area contributed by atoms with Crippen LogP contribution in [0.4, 0.5) is 5.13 Å². The van der Waals surface area contributed by atoms with Crippen molar-refractivity contribution in [3.8, 4) is 17.0 Å². The van der Waals surface area contributed by atoms with Crippen LogP contribution in [0.2, 0.25) is 0 Å². The highest BCUT2D eigenvalue weighted by atomic mass is 32.1. The Kier molecular flexibility index (Phi) is 4.94. The van der Waals surface area contributed by atoms with Gasteiger partial charge in [-0.3, -0.25) is 9.20 Å². The molecule has 5 aromatic rings. The molecular weight excluding hydrogens is 416 g/mol. The van der Waals surface area contributed by atoms with Crippen LogP contribution in [0.15, 0.2) is 60.1 Å². The number of amides is 1. The summed E-state index contributed by atoms with van der Waals surface area (Å²) < 4.78 is 8.50. The fraction of sp³-hybridized carbons (Fsp3) is 0.136. The highest BCUT2D eigenvalue weighted by Crippen LogP contribution is 2.29. The molecule has 0 aliphatic rings. The van der Waals surface area contributed by atoms with Crippen molar-refractivity contribution in [2.45, 2.75) is 13.3 Å². The van der Waals surface area contributed by atoms with E-state index in [2.05, 4.69) is 15.3 Å². The Bertz CT molecular complexity index is 1340. The lowest BCUT2D eigenvalue weighted by Gasteiger charge is -2.01. The Morgan fingerprint density at radius 1 is 1.17 bits per heavy atom. The van der Waals surface area contributed by atoms with Crippen molar-refractivity contribution in [2.24, 2.45) is 0 Å². The number of nitrogens with one attached hydrogen (secondary N) is 1. The van der Waals surface area contributed by atoms with Gasteiger partial charge in [-0.05, 0) is 25.1 Å². The van der Waals surface area contributed by atoms with Crippen LogP contribution in [0.1, 0.15) is 12.6 Å². The Morgan fingerprint density at radius 3 is 2.87 bits per heavy atom. The molecule has 0 aliphatic carbocycles. The highest BCUT2D eigenvalue weighted by molar-refractivity contribution is 7.22. The minimum atomic E-state index is -0.103. The molecule has 1 N–H and O–H groups in total. The monoisotopic (exact) mass is 434 g/mol. The summed E-state index contributed by atoms with van der Waals surface area (Å²) in [5.41, 5.74) is 3.71. The van der Waals surface area contributed by atoms with E-state index in [0.717, 1.165) is 37.9 Å². The van der Waals surface area contributed by atoms with E-state index >= 15 is 0 Å². The second-order valence-corrected chi connectivity index (χ2v) is 8.55. The molecule has 0 unspecified atom stereocenters. The van der Waals surface area contributed by atoms with Crippen molar-refractivity contribution < 1.29 is 9.53 Å². The van der Waals surface area contributed by atoms with Crippen molar-refractivity contribution in [3.05, 3.63) is 65.8 Å². The molecule has 1 amide bonds. The fourth-order valence-corrected chi connectivity index (χ4v) is 5.03. The number of thiazole rings is 2. The molecule has 0 saturated heterocycles. The van der Waals surface area contributed by atoms with E-state index in [0.29, 0.717) is 11.7 Å². The van der Waals surface area contributed by atoms with Crippen molar-refractivity contribution in [1.29, 1.82) is 0 Å². The molecule has 30 heavy (non-hydrogen) atoms. The van der Waals surface area contributed by atoms with E-state index in [1.54, 1.807) is 0 Å². The largest absolute Gasteiger partial charge is 0.494 e. The minimum absolute atomic E-state index is 0.103. The lowest BCUT2D eigenvalue weighted by atomic mass is 10.2. The Morgan fingerprint density at radius 2 is 2.03 bits per heavy atom. The smallest absolute Gasteiger partial charge is 0.232 e. The first-order chi connectivity index (χ1) is 14.7. The minimum Gasteiger partial charge on any atom is -0.494 e. The first-order valence-corrected chi connectivity index (χ1v) is 11.2. The van der Waals surface area contributed by atoms with Gasteiger partial charge < -0.3 is 10.1 Å². The van der Waals surface area contributed by atoms with Crippen LogP contribution in [0.25, 0.3) is 26.4 Å². The van der Waals surface area contributed by atoms with Gasteiger partial charge in [0.05, 0.1) is 28.9 Å². The number of carbonyl (C=O) groups is 1. The van der Waals surface area contributed by atoms with Gasteiger partial charge in [-0.2, -0.15) is 0 Å². The molecule has 0 bridgehead atoms. The number of rotatable bonds is 6. The molecular formula is C22H18N4O2S2. The maximum Gasteiger partial charge on any atom is 0.232 e. The van der Waals surface area contributed by atoms with Gasteiger partial charge in [0.1, 0.15) is 5.75 Å². The van der Waals surface area contributed by atoms with E-state index in [1.165, 1.54) is 22.7 Å². The highest BCUT2D eigenvalue weighted by Gasteiger charge is 2.14. The van der Waals surface area contributed by atoms with Crippen LogP contribution in [0, 0.1) is 0 Å². The third kappa shape index (κ3) is 3.67. The molecule has 0 saturated carbocycles. The van der Waals surface area contributed by atoms with Gasteiger partial charge >= 0.3 is 0 Å². The maximum absolute atomic E-state index is 12.6. The standard InChI is InChI=1S/C22H18N4O2S2/c1-2-28-16-8-9-17-19(11-16)30-21(23-17)25-20(27)10-15-13-29-22-24-18(12-26(15)22)14-6-4-3-5-7-14/h3-9,11-13H,2,10H2,1H3,(H,23,25,27). The summed E-state index contributed by atoms with van der Waals surface area (Å²) in [6, 6.07) is 15.8. The van der Waals surface area contributed by atoms with Gasteiger partial charge in [-0.15, -0.1) is 11.3 Å². The van der Waals surface area contributed by atoms with Gasteiger partial charge in [0, 0.05) is 22.8 Å². The molecule has 6 nitrogen and oxygen atoms in total. The van der Waals surface area contributed by atoms with Crippen LogP contribution in [-0.4, -0.2) is 26.9 Å². The summed E-state index contributed by atoms with van der Waals surface area (Å²) in [7, 11) is 0. The molecule has 0 fully saturated rings. The van der Waals surface area contributed by atoms with Crippen LogP contribution in [0.3, 0.4) is 0 Å². The second-order valence-electron chi connectivity index (χ2n) is 6.68. The fourth-order valence-electron chi connectivity index (χ4n) is 3.25. The second kappa shape index (κ2) is 7.89. The number of fused-ring (bicyclic) bond motifs is 2. The zero-order valence-corrected chi connectivity index (χ0v) is 17.8. The normalized spacial score (nSPS) is 11.2. The average molecular weight is 435 g/mol. The van der Waals surface area contributed by atoms with Crippen LogP contribution in [-0.2, 0) is 11.2 Å². The number of hydrogen-bond acceptors (Lipinski definition) is 6. The lowest BCUT2D eigenvalue weighted by molar-refractivity contribution is -0.115. The molecule has 8 heteroatoms. The molecule has 0 radical (unpaired) electrons. The number of hydrogen-bond donors (Lipinski definition) is 1. The summed E-state index contributed by atoms with van der Waals surface area (Å²) in [6.07, 6.45) is 2.24. The topological polar surface area (TPSA) is 68.5 Å². The molecule has 0 aliphatic heterocycles. The number of ether oxygens (including phenoxy) is 1. The number of nitrogens with zero attached hydrogens (tertiary/aromatic N) is 3. The third-order valence-electron chi connectivity index (χ3n) is 4.61. The SMILES string of the molecule is CCOc1ccc2nc(NC(=O)Cc3csc4nc(-c5ccccc5)cn34)sc2c1. The average Bonchev–Trinajstić information content (AvgIpc) is 3.44. The first kappa shape index (κ1) is 18.8. The first-order valence-electron chi connectivity index (χ1n) is 9.54. The quantitative estimate of drug-likeness (QED) is 0.396. The van der Waals surface area contributed by atoms with Crippen LogP contribution < -0.4 is 10.1 Å². The maximum atomic E-state index is 12.6. The van der Waals surface area contributed by atoms with Gasteiger partial charge in [-0.25, -0.2) is 9.97 Å². The van der Waals surface area contributed by atoms with Crippen LogP contribution in [0.5, 0.6) is 5.75 Å². The van der Waals surface area contributed by atoms with E-state index in [1.807, 2.05) is 71.4 Å². The van der Waals surface area contributed by atoms with Gasteiger partial charge in [-0.1, -0.05) is 41.7 Å². The molecule has 3 heterocycles. The zero-order chi connectivity index (χ0) is 20.5. The summed E-state index contributed by atoms with van der Waals surface area (Å²) in [5, 5.41) is 5.49. The summed E-state index contributed by atoms with van der Waals surface area (Å²) in [4.78, 5) is 22.7. The van der Waals surface area contributed by atoms with Gasteiger partial charge in [0.25, 0.3) is 0 Å². The van der Waals surface area contributed by atoms with Crippen LogP contribution >= 0.6 is 22.7 Å². The molecule has 0 atom stereocenters. The molecule has 5 rings (SSSR count). The number of carbonyl (C=O) groups excluding carboxylic acids is 1. The molecule has 150 valence electrons. The van der Waals surface area contributed by atoms with E-state index in [9.17, 15) is 4.79 Å². The van der Waals surface area contributed by atoms with E-state index < -0.39 is 0 Å². The third-order valence-corrected chi connectivity index (χ3v) is 6.43. The molecule has 3 aromatic heterocycles. The summed E-state index contributed by atoms with van der Waals surface area (Å²) >= 11 is 2.98. The van der Waals surface area contributed by atoms with Crippen molar-refractivity contribution in [3.63, 3.8) is 0 Å². The molecule has 0 spiro atoms. The van der Waals surface area contributed by atoms with Crippen molar-refractivity contribution in [2.75, 3.05) is 11.9 Å². The Labute approximate surface area is 180 Å². The predicted octanol–water partition coefficient (Wildman–Crippen LogP) is 5.25. The van der Waals surface area contributed by atoms with Crippen molar-refractivity contribution >= 4 is 48.9 Å². The number of imidazole rings is 1. The summed E-state index contributed by atoms with van der Waals surface area (Å²) in [5.74, 6) is 0.704. The summed E-state index contributed by atoms with van der Waals surface area (Å²) in [6.45, 7) is 2.57. The Balaban J connectivity index is 1.33. The van der Waals surface area contributed by atoms with Crippen molar-refractivity contribution in [1.82, 2.24) is 14.4 Å². The zero-order valence-electron chi connectivity index (χ0n) is 16.2. The van der Waals surface area contributed by atoms with Gasteiger partial charge in [0.2, 0.25) is 5.91 Å².